The summed E-state index contributed by atoms with van der Waals surface area (Å²) in [7, 11) is 0. The van der Waals surface area contributed by atoms with Crippen LogP contribution in [0.15, 0.2) is 12.2 Å². The van der Waals surface area contributed by atoms with E-state index < -0.39 is 18.5 Å². The maximum Gasteiger partial charge on any atom is 0.249 e. The lowest BCUT2D eigenvalue weighted by Gasteiger charge is -2.24. The van der Waals surface area contributed by atoms with Crippen molar-refractivity contribution in [1.29, 1.82) is 0 Å². The van der Waals surface area contributed by atoms with E-state index in [2.05, 4.69) is 6.58 Å². The number of hydrogen-bond acceptors (Lipinski definition) is 5. The van der Waals surface area contributed by atoms with Crippen LogP contribution in [0, 0.1) is 0 Å². The number of carbonyl (C=O) groups is 1. The molecule has 6 nitrogen and oxygen atoms in total. The Hall–Kier alpha value is -0.950. The summed E-state index contributed by atoms with van der Waals surface area (Å²) in [5.41, 5.74) is 0.186. The molecule has 0 aromatic heterocycles. The number of carbonyl (C=O) groups excluding carboxylic acids is 1. The molecule has 0 unspecified atom stereocenters. The third-order valence-corrected chi connectivity index (χ3v) is 1.42. The molecule has 0 aromatic carbocycles. The quantitative estimate of drug-likeness (QED) is 0.307. The van der Waals surface area contributed by atoms with E-state index in [4.69, 9.17) is 20.4 Å². The Labute approximate surface area is 81.7 Å². The Kier molecular flexibility index (Phi) is 5.32. The van der Waals surface area contributed by atoms with Gasteiger partial charge in [-0.25, -0.2) is 0 Å². The predicted molar refractivity (Wildman–Crippen MR) is 47.8 cm³/mol. The number of rotatable bonds is 5. The highest BCUT2D eigenvalue weighted by Crippen LogP contribution is 2.00. The molecule has 0 fully saturated rings. The van der Waals surface area contributed by atoms with E-state index in [1.165, 1.54) is 6.92 Å². The number of nitrogens with zero attached hydrogens (tertiary/aromatic N) is 1. The van der Waals surface area contributed by atoms with Crippen LogP contribution in [0.1, 0.15) is 6.92 Å². The molecule has 4 N–H and O–H groups in total. The van der Waals surface area contributed by atoms with Crippen molar-refractivity contribution >= 4 is 5.91 Å². The summed E-state index contributed by atoms with van der Waals surface area (Å²) in [4.78, 5) is 12.2. The number of amides is 1. The molecule has 82 valence electrons. The van der Waals surface area contributed by atoms with Crippen molar-refractivity contribution in [1.82, 2.24) is 4.90 Å². The first-order valence-corrected chi connectivity index (χ1v) is 4.01. The first kappa shape index (κ1) is 13.1. The topological polar surface area (TPSA) is 101 Å². The molecular formula is C8H15NO5. The second-order valence-corrected chi connectivity index (χ2v) is 2.95. The molecule has 0 aliphatic carbocycles. The molecule has 6 heteroatoms. The molecule has 0 spiro atoms. The van der Waals surface area contributed by atoms with Gasteiger partial charge in [0, 0.05) is 5.57 Å². The highest BCUT2D eigenvalue weighted by molar-refractivity contribution is 5.92. The van der Waals surface area contributed by atoms with Crippen molar-refractivity contribution in [3.63, 3.8) is 0 Å². The van der Waals surface area contributed by atoms with Gasteiger partial charge in [-0.05, 0) is 6.92 Å². The Balaban J connectivity index is 4.38. The van der Waals surface area contributed by atoms with Crippen molar-refractivity contribution in [2.75, 3.05) is 13.1 Å². The van der Waals surface area contributed by atoms with E-state index >= 15 is 0 Å². The average Bonchev–Trinajstić information content (AvgIpc) is 1.99. The van der Waals surface area contributed by atoms with Crippen LogP contribution >= 0.6 is 0 Å². The first-order chi connectivity index (χ1) is 6.34. The van der Waals surface area contributed by atoms with E-state index in [0.717, 1.165) is 4.90 Å². The van der Waals surface area contributed by atoms with E-state index in [-0.39, 0.29) is 18.7 Å². The summed E-state index contributed by atoms with van der Waals surface area (Å²) in [6, 6.07) is 0. The van der Waals surface area contributed by atoms with Crippen LogP contribution in [-0.4, -0.2) is 56.9 Å². The van der Waals surface area contributed by atoms with Gasteiger partial charge in [-0.2, -0.15) is 0 Å². The zero-order valence-corrected chi connectivity index (χ0v) is 7.92. The predicted octanol–water partition coefficient (Wildman–Crippen LogP) is -1.99. The second-order valence-electron chi connectivity index (χ2n) is 2.95. The highest BCUT2D eigenvalue weighted by Gasteiger charge is 2.18. The molecule has 0 saturated heterocycles. The minimum Gasteiger partial charge on any atom is -0.367 e. The van der Waals surface area contributed by atoms with Crippen LogP contribution in [0.25, 0.3) is 0 Å². The monoisotopic (exact) mass is 205 g/mol. The maximum absolute atomic E-state index is 11.3. The average molecular weight is 205 g/mol. The van der Waals surface area contributed by atoms with Crippen molar-refractivity contribution in [3.05, 3.63) is 12.2 Å². The Morgan fingerprint density at radius 3 is 1.79 bits per heavy atom. The van der Waals surface area contributed by atoms with Crippen molar-refractivity contribution in [3.8, 4) is 0 Å². The molecule has 0 rings (SSSR count). The van der Waals surface area contributed by atoms with Crippen LogP contribution in [-0.2, 0) is 4.79 Å². The lowest BCUT2D eigenvalue weighted by atomic mass is 10.3. The molecule has 0 aliphatic heterocycles. The van der Waals surface area contributed by atoms with Crippen LogP contribution in [0.4, 0.5) is 0 Å². The van der Waals surface area contributed by atoms with Gasteiger partial charge in [-0.1, -0.05) is 6.58 Å². The van der Waals surface area contributed by atoms with Crippen LogP contribution in [0.3, 0.4) is 0 Å². The molecule has 0 radical (unpaired) electrons. The smallest absolute Gasteiger partial charge is 0.249 e. The molecule has 0 bridgehead atoms. The van der Waals surface area contributed by atoms with Gasteiger partial charge in [-0.15, -0.1) is 0 Å². The van der Waals surface area contributed by atoms with Gasteiger partial charge in [-0.3, -0.25) is 4.79 Å². The molecule has 0 heterocycles. The van der Waals surface area contributed by atoms with Gasteiger partial charge in [0.05, 0.1) is 13.1 Å². The summed E-state index contributed by atoms with van der Waals surface area (Å²) in [5.74, 6) is -0.550. The molecule has 0 aromatic rings. The standard InChI is InChI=1S/C8H15NO5/c1-5(2)8(14)9(3-6(10)11)4-7(12)13/h6-7,10-13H,1,3-4H2,2H3. The Morgan fingerprint density at radius 2 is 1.57 bits per heavy atom. The lowest BCUT2D eigenvalue weighted by Crippen LogP contribution is -2.42. The summed E-state index contributed by atoms with van der Waals surface area (Å²) >= 11 is 0. The molecule has 1 amide bonds. The number of aliphatic hydroxyl groups is 4. The van der Waals surface area contributed by atoms with Gasteiger partial charge < -0.3 is 25.3 Å². The third kappa shape index (κ3) is 4.93. The van der Waals surface area contributed by atoms with E-state index in [9.17, 15) is 4.79 Å². The largest absolute Gasteiger partial charge is 0.367 e. The van der Waals surface area contributed by atoms with Crippen molar-refractivity contribution in [2.24, 2.45) is 0 Å². The SMILES string of the molecule is C=C(C)C(=O)N(CC(O)O)CC(O)O. The van der Waals surface area contributed by atoms with Crippen LogP contribution in [0.5, 0.6) is 0 Å². The minimum atomic E-state index is -1.71. The molecular weight excluding hydrogens is 190 g/mol. The Morgan fingerprint density at radius 1 is 1.21 bits per heavy atom. The zero-order chi connectivity index (χ0) is 11.3. The molecule has 0 saturated carbocycles. The molecule has 0 aliphatic rings. The number of hydrogen-bond donors (Lipinski definition) is 4. The van der Waals surface area contributed by atoms with Gasteiger partial charge in [0.2, 0.25) is 5.91 Å². The summed E-state index contributed by atoms with van der Waals surface area (Å²) < 4.78 is 0. The summed E-state index contributed by atoms with van der Waals surface area (Å²) in [5, 5.41) is 34.5. The van der Waals surface area contributed by atoms with Gasteiger partial charge in [0.15, 0.2) is 12.6 Å². The van der Waals surface area contributed by atoms with Gasteiger partial charge in [0.25, 0.3) is 0 Å². The molecule has 0 atom stereocenters. The van der Waals surface area contributed by atoms with E-state index in [1.54, 1.807) is 0 Å². The zero-order valence-electron chi connectivity index (χ0n) is 7.92. The van der Waals surface area contributed by atoms with Crippen LogP contribution in [0.2, 0.25) is 0 Å². The van der Waals surface area contributed by atoms with Crippen LogP contribution < -0.4 is 0 Å². The third-order valence-electron chi connectivity index (χ3n) is 1.42. The van der Waals surface area contributed by atoms with E-state index in [1.807, 2.05) is 0 Å². The lowest BCUT2D eigenvalue weighted by molar-refractivity contribution is -0.142. The Bertz CT molecular complexity index is 204. The van der Waals surface area contributed by atoms with Gasteiger partial charge in [0.1, 0.15) is 0 Å². The number of aliphatic hydroxyl groups excluding tert-OH is 2. The maximum atomic E-state index is 11.3. The fourth-order valence-corrected chi connectivity index (χ4v) is 0.905. The second kappa shape index (κ2) is 5.71. The van der Waals surface area contributed by atoms with Gasteiger partial charge >= 0.3 is 0 Å². The van der Waals surface area contributed by atoms with E-state index in [0.29, 0.717) is 0 Å². The first-order valence-electron chi connectivity index (χ1n) is 4.01. The minimum absolute atomic E-state index is 0.186. The van der Waals surface area contributed by atoms with Crippen molar-refractivity contribution in [2.45, 2.75) is 19.5 Å². The highest BCUT2D eigenvalue weighted by atomic mass is 16.5. The summed E-state index contributed by atoms with van der Waals surface area (Å²) in [6.45, 7) is 4.05. The fourth-order valence-electron chi connectivity index (χ4n) is 0.905. The molecule has 14 heavy (non-hydrogen) atoms. The normalized spacial score (nSPS) is 10.8. The fraction of sp³-hybridized carbons (Fsp3) is 0.625. The van der Waals surface area contributed by atoms with Crippen molar-refractivity contribution < 1.29 is 25.2 Å². The summed E-state index contributed by atoms with van der Waals surface area (Å²) in [6.07, 6.45) is -3.42.